The molecule has 1 aliphatic heterocycles. The zero-order valence-electron chi connectivity index (χ0n) is 11.1. The van der Waals surface area contributed by atoms with Gasteiger partial charge in [0, 0.05) is 18.9 Å². The fourth-order valence-corrected chi connectivity index (χ4v) is 2.28. The molecule has 0 spiro atoms. The topological polar surface area (TPSA) is 44.5 Å². The summed E-state index contributed by atoms with van der Waals surface area (Å²) in [6.45, 7) is 1.27. The Bertz CT molecular complexity index is 628. The Morgan fingerprint density at radius 3 is 2.95 bits per heavy atom. The van der Waals surface area contributed by atoms with Gasteiger partial charge in [-0.3, -0.25) is 0 Å². The van der Waals surface area contributed by atoms with Crippen molar-refractivity contribution in [1.82, 2.24) is 0 Å². The molecule has 0 bridgehead atoms. The van der Waals surface area contributed by atoms with Crippen LogP contribution in [0.3, 0.4) is 0 Å². The summed E-state index contributed by atoms with van der Waals surface area (Å²) in [5, 5.41) is 0. The molecule has 104 valence electrons. The third-order valence-corrected chi connectivity index (χ3v) is 3.39. The van der Waals surface area contributed by atoms with Crippen LogP contribution in [0.5, 0.6) is 11.5 Å². The SMILES string of the molecule is Nc1ccc(OCCc2ccc3c(c2)CCO3)cc1F. The molecule has 1 aliphatic rings. The van der Waals surface area contributed by atoms with Crippen LogP contribution in [0.4, 0.5) is 10.1 Å². The summed E-state index contributed by atoms with van der Waals surface area (Å²) in [5.41, 5.74) is 8.00. The van der Waals surface area contributed by atoms with Gasteiger partial charge in [0.05, 0.1) is 18.9 Å². The minimum absolute atomic E-state index is 0.135. The van der Waals surface area contributed by atoms with Crippen molar-refractivity contribution in [1.29, 1.82) is 0 Å². The number of fused-ring (bicyclic) bond motifs is 1. The second-order valence-corrected chi connectivity index (χ2v) is 4.82. The number of rotatable bonds is 4. The van der Waals surface area contributed by atoms with Crippen LogP contribution in [0.25, 0.3) is 0 Å². The Labute approximate surface area is 117 Å². The molecule has 2 aromatic rings. The number of benzene rings is 2. The van der Waals surface area contributed by atoms with E-state index in [1.807, 2.05) is 12.1 Å². The van der Waals surface area contributed by atoms with Gasteiger partial charge in [-0.1, -0.05) is 12.1 Å². The molecule has 3 nitrogen and oxygen atoms in total. The molecule has 1 heterocycles. The van der Waals surface area contributed by atoms with Crippen molar-refractivity contribution in [2.45, 2.75) is 12.8 Å². The Balaban J connectivity index is 1.58. The standard InChI is InChI=1S/C16H16FNO2/c17-14-10-13(2-3-15(14)18)19-7-5-11-1-4-16-12(9-11)6-8-20-16/h1-4,9-10H,5-8,18H2. The highest BCUT2D eigenvalue weighted by Gasteiger charge is 2.11. The number of ether oxygens (including phenoxy) is 2. The minimum Gasteiger partial charge on any atom is -0.493 e. The summed E-state index contributed by atoms with van der Waals surface area (Å²) in [7, 11) is 0. The van der Waals surface area contributed by atoms with Crippen molar-refractivity contribution < 1.29 is 13.9 Å². The summed E-state index contributed by atoms with van der Waals surface area (Å²) in [6, 6.07) is 10.7. The third kappa shape index (κ3) is 2.69. The first-order valence-corrected chi connectivity index (χ1v) is 6.65. The van der Waals surface area contributed by atoms with Gasteiger partial charge in [0.1, 0.15) is 17.3 Å². The van der Waals surface area contributed by atoms with Gasteiger partial charge in [0.25, 0.3) is 0 Å². The molecule has 20 heavy (non-hydrogen) atoms. The normalized spacial score (nSPS) is 12.8. The van der Waals surface area contributed by atoms with Gasteiger partial charge in [0.2, 0.25) is 0 Å². The van der Waals surface area contributed by atoms with Gasteiger partial charge in [0.15, 0.2) is 0 Å². The molecule has 4 heteroatoms. The minimum atomic E-state index is -0.447. The van der Waals surface area contributed by atoms with Crippen molar-refractivity contribution >= 4 is 5.69 Å². The molecule has 0 atom stereocenters. The molecule has 0 radical (unpaired) electrons. The van der Waals surface area contributed by atoms with Crippen LogP contribution in [-0.2, 0) is 12.8 Å². The van der Waals surface area contributed by atoms with Gasteiger partial charge < -0.3 is 15.2 Å². The van der Waals surface area contributed by atoms with Crippen molar-refractivity contribution in [2.24, 2.45) is 0 Å². The van der Waals surface area contributed by atoms with E-state index in [9.17, 15) is 4.39 Å². The molecular weight excluding hydrogens is 257 g/mol. The van der Waals surface area contributed by atoms with E-state index in [1.165, 1.54) is 23.3 Å². The maximum atomic E-state index is 13.3. The largest absolute Gasteiger partial charge is 0.493 e. The smallest absolute Gasteiger partial charge is 0.149 e. The molecule has 0 unspecified atom stereocenters. The van der Waals surface area contributed by atoms with E-state index >= 15 is 0 Å². The lowest BCUT2D eigenvalue weighted by Gasteiger charge is -2.08. The average Bonchev–Trinajstić information content (AvgIpc) is 2.90. The van der Waals surface area contributed by atoms with Crippen LogP contribution in [0, 0.1) is 5.82 Å². The van der Waals surface area contributed by atoms with Crippen LogP contribution in [-0.4, -0.2) is 13.2 Å². The van der Waals surface area contributed by atoms with Crippen molar-refractivity contribution in [3.63, 3.8) is 0 Å². The van der Waals surface area contributed by atoms with Crippen molar-refractivity contribution in [3.05, 3.63) is 53.3 Å². The fourth-order valence-electron chi connectivity index (χ4n) is 2.28. The van der Waals surface area contributed by atoms with Gasteiger partial charge >= 0.3 is 0 Å². The first-order valence-electron chi connectivity index (χ1n) is 6.65. The molecule has 2 aromatic carbocycles. The van der Waals surface area contributed by atoms with Crippen LogP contribution < -0.4 is 15.2 Å². The molecule has 0 saturated carbocycles. The maximum Gasteiger partial charge on any atom is 0.149 e. The van der Waals surface area contributed by atoms with Gasteiger partial charge in [-0.2, -0.15) is 0 Å². The number of anilines is 1. The number of halogens is 1. The second kappa shape index (κ2) is 5.41. The van der Waals surface area contributed by atoms with Crippen molar-refractivity contribution in [3.8, 4) is 11.5 Å². The summed E-state index contributed by atoms with van der Waals surface area (Å²) in [4.78, 5) is 0. The molecule has 0 saturated heterocycles. The quantitative estimate of drug-likeness (QED) is 0.871. The molecule has 0 fully saturated rings. The predicted octanol–water partition coefficient (Wildman–Crippen LogP) is 2.96. The molecular formula is C16H16FNO2. The number of hydrogen-bond acceptors (Lipinski definition) is 3. The van der Waals surface area contributed by atoms with Crippen LogP contribution in [0.15, 0.2) is 36.4 Å². The van der Waals surface area contributed by atoms with E-state index < -0.39 is 5.82 Å². The third-order valence-electron chi connectivity index (χ3n) is 3.39. The van der Waals surface area contributed by atoms with Gasteiger partial charge in [-0.25, -0.2) is 4.39 Å². The maximum absolute atomic E-state index is 13.3. The van der Waals surface area contributed by atoms with E-state index in [-0.39, 0.29) is 5.69 Å². The van der Waals surface area contributed by atoms with Crippen LogP contribution in [0.1, 0.15) is 11.1 Å². The Hall–Kier alpha value is -2.23. The Morgan fingerprint density at radius 2 is 2.10 bits per heavy atom. The van der Waals surface area contributed by atoms with Crippen LogP contribution >= 0.6 is 0 Å². The lowest BCUT2D eigenvalue weighted by Crippen LogP contribution is -2.02. The first-order chi connectivity index (χ1) is 9.72. The highest BCUT2D eigenvalue weighted by Crippen LogP contribution is 2.26. The zero-order chi connectivity index (χ0) is 13.9. The monoisotopic (exact) mass is 273 g/mol. The second-order valence-electron chi connectivity index (χ2n) is 4.82. The number of nitrogen functional groups attached to an aromatic ring is 1. The van der Waals surface area contributed by atoms with Crippen molar-refractivity contribution in [2.75, 3.05) is 18.9 Å². The fraction of sp³-hybridized carbons (Fsp3) is 0.250. The summed E-state index contributed by atoms with van der Waals surface area (Å²) in [5.74, 6) is 1.04. The highest BCUT2D eigenvalue weighted by atomic mass is 19.1. The highest BCUT2D eigenvalue weighted by molar-refractivity contribution is 5.43. The molecule has 3 rings (SSSR count). The molecule has 0 aromatic heterocycles. The summed E-state index contributed by atoms with van der Waals surface area (Å²) < 4.78 is 24.3. The number of nitrogens with two attached hydrogens (primary N) is 1. The molecule has 0 amide bonds. The first kappa shape index (κ1) is 12.8. The van der Waals surface area contributed by atoms with Gasteiger partial charge in [-0.05, 0) is 29.3 Å². The predicted molar refractivity (Wildman–Crippen MR) is 75.7 cm³/mol. The van der Waals surface area contributed by atoms with E-state index in [1.54, 1.807) is 6.07 Å². The average molecular weight is 273 g/mol. The van der Waals surface area contributed by atoms with Gasteiger partial charge in [-0.15, -0.1) is 0 Å². The lowest BCUT2D eigenvalue weighted by atomic mass is 10.1. The molecule has 2 N–H and O–H groups in total. The summed E-state index contributed by atoms with van der Waals surface area (Å²) >= 11 is 0. The number of hydrogen-bond donors (Lipinski definition) is 1. The van der Waals surface area contributed by atoms with E-state index in [4.69, 9.17) is 15.2 Å². The van der Waals surface area contributed by atoms with E-state index in [2.05, 4.69) is 6.07 Å². The Kier molecular flexibility index (Phi) is 3.46. The summed E-state index contributed by atoms with van der Waals surface area (Å²) in [6.07, 6.45) is 1.74. The van der Waals surface area contributed by atoms with E-state index in [0.717, 1.165) is 25.2 Å². The van der Waals surface area contributed by atoms with E-state index in [0.29, 0.717) is 12.4 Å². The zero-order valence-corrected chi connectivity index (χ0v) is 11.1. The molecule has 0 aliphatic carbocycles. The Morgan fingerprint density at radius 1 is 1.20 bits per heavy atom. The lowest BCUT2D eigenvalue weighted by molar-refractivity contribution is 0.320. The van der Waals surface area contributed by atoms with Crippen LogP contribution in [0.2, 0.25) is 0 Å².